The van der Waals surface area contributed by atoms with Crippen molar-refractivity contribution in [1.29, 1.82) is 0 Å². The molecule has 160 valence electrons. The van der Waals surface area contributed by atoms with Crippen LogP contribution in [0.3, 0.4) is 0 Å². The molecule has 2 aliphatic heterocycles. The van der Waals surface area contributed by atoms with Crippen molar-refractivity contribution in [2.24, 2.45) is 0 Å². The molecule has 0 atom stereocenters. The van der Waals surface area contributed by atoms with E-state index in [0.717, 1.165) is 10.0 Å². The van der Waals surface area contributed by atoms with Crippen LogP contribution in [0.25, 0.3) is 6.08 Å². The number of hydrogen-bond acceptors (Lipinski definition) is 5. The molecule has 31 heavy (non-hydrogen) atoms. The Balaban J connectivity index is 1.42. The Kier molecular flexibility index (Phi) is 5.78. The summed E-state index contributed by atoms with van der Waals surface area (Å²) in [5.74, 6) is -1.71. The van der Waals surface area contributed by atoms with Gasteiger partial charge in [0.15, 0.2) is 0 Å². The molecule has 2 aliphatic rings. The zero-order valence-corrected chi connectivity index (χ0v) is 18.6. The van der Waals surface area contributed by atoms with Gasteiger partial charge in [0, 0.05) is 36.7 Å². The maximum Gasteiger partial charge on any atom is 0.296 e. The van der Waals surface area contributed by atoms with Crippen LogP contribution in [0.15, 0.2) is 57.9 Å². The van der Waals surface area contributed by atoms with Crippen molar-refractivity contribution in [1.82, 2.24) is 9.21 Å². The number of carbonyl (C=O) groups excluding carboxylic acids is 3. The van der Waals surface area contributed by atoms with Crippen molar-refractivity contribution in [2.75, 3.05) is 31.5 Å². The van der Waals surface area contributed by atoms with Gasteiger partial charge in [-0.2, -0.15) is 4.31 Å². The molecule has 1 N–H and O–H groups in total. The van der Waals surface area contributed by atoms with Gasteiger partial charge in [-0.25, -0.2) is 8.42 Å². The number of ketones is 1. The lowest BCUT2D eigenvalue weighted by Crippen LogP contribution is -2.50. The number of halogens is 1. The Morgan fingerprint density at radius 3 is 2.48 bits per heavy atom. The van der Waals surface area contributed by atoms with E-state index in [1.165, 1.54) is 28.6 Å². The summed E-state index contributed by atoms with van der Waals surface area (Å²) in [5.41, 5.74) is 1.24. The fourth-order valence-electron chi connectivity index (χ4n) is 3.46. The van der Waals surface area contributed by atoms with Crippen molar-refractivity contribution in [2.45, 2.75) is 4.90 Å². The van der Waals surface area contributed by atoms with E-state index in [0.29, 0.717) is 5.69 Å². The number of nitrogens with zero attached hydrogens (tertiary/aromatic N) is 2. The molecule has 0 bridgehead atoms. The zero-order chi connectivity index (χ0) is 22.2. The van der Waals surface area contributed by atoms with E-state index >= 15 is 0 Å². The van der Waals surface area contributed by atoms with Crippen LogP contribution in [0.5, 0.6) is 0 Å². The number of benzene rings is 2. The molecule has 0 aromatic heterocycles. The third kappa shape index (κ3) is 4.32. The Labute approximate surface area is 187 Å². The van der Waals surface area contributed by atoms with E-state index in [2.05, 4.69) is 21.2 Å². The molecule has 0 unspecified atom stereocenters. The molecule has 0 spiro atoms. The Morgan fingerprint density at radius 2 is 1.77 bits per heavy atom. The summed E-state index contributed by atoms with van der Waals surface area (Å²) in [6.45, 7) is 0.789. The maximum atomic E-state index is 13.0. The first-order valence-corrected chi connectivity index (χ1v) is 11.7. The quantitative estimate of drug-likeness (QED) is 0.508. The number of piperazine rings is 1. The van der Waals surface area contributed by atoms with Gasteiger partial charge >= 0.3 is 0 Å². The van der Waals surface area contributed by atoms with E-state index in [9.17, 15) is 22.8 Å². The van der Waals surface area contributed by atoms with Gasteiger partial charge in [0.25, 0.3) is 11.7 Å². The number of amides is 2. The van der Waals surface area contributed by atoms with Gasteiger partial charge in [-0.1, -0.05) is 28.1 Å². The minimum Gasteiger partial charge on any atom is -0.337 e. The summed E-state index contributed by atoms with van der Waals surface area (Å²) in [5, 5.41) is 2.40. The Hall–Kier alpha value is -2.82. The smallest absolute Gasteiger partial charge is 0.296 e. The van der Waals surface area contributed by atoms with E-state index in [4.69, 9.17) is 0 Å². The molecule has 0 saturated carbocycles. The van der Waals surface area contributed by atoms with E-state index < -0.39 is 21.7 Å². The minimum atomic E-state index is -3.85. The lowest BCUT2D eigenvalue weighted by Gasteiger charge is -2.33. The van der Waals surface area contributed by atoms with E-state index in [1.54, 1.807) is 11.0 Å². The number of carbonyl (C=O) groups is 3. The van der Waals surface area contributed by atoms with Gasteiger partial charge in [0.05, 0.1) is 16.1 Å². The summed E-state index contributed by atoms with van der Waals surface area (Å²) in [4.78, 5) is 37.4. The highest BCUT2D eigenvalue weighted by Crippen LogP contribution is 2.27. The highest BCUT2D eigenvalue weighted by molar-refractivity contribution is 9.10. The lowest BCUT2D eigenvalue weighted by molar-refractivity contribution is -0.127. The van der Waals surface area contributed by atoms with Crippen molar-refractivity contribution in [3.63, 3.8) is 0 Å². The molecule has 2 heterocycles. The van der Waals surface area contributed by atoms with Gasteiger partial charge in [0.1, 0.15) is 0 Å². The zero-order valence-electron chi connectivity index (χ0n) is 16.2. The Morgan fingerprint density at radius 1 is 1.03 bits per heavy atom. The van der Waals surface area contributed by atoms with Crippen molar-refractivity contribution < 1.29 is 22.8 Å². The summed E-state index contributed by atoms with van der Waals surface area (Å²) < 4.78 is 28.2. The second kappa shape index (κ2) is 8.37. The summed E-state index contributed by atoms with van der Waals surface area (Å²) in [6.07, 6.45) is 3.19. The second-order valence-corrected chi connectivity index (χ2v) is 9.96. The third-order valence-electron chi connectivity index (χ3n) is 5.15. The van der Waals surface area contributed by atoms with Gasteiger partial charge < -0.3 is 10.2 Å². The van der Waals surface area contributed by atoms with Crippen LogP contribution in [0.2, 0.25) is 0 Å². The van der Waals surface area contributed by atoms with Gasteiger partial charge in [0.2, 0.25) is 15.9 Å². The average molecular weight is 504 g/mol. The molecule has 2 amide bonds. The minimum absolute atomic E-state index is 0.0505. The lowest BCUT2D eigenvalue weighted by atomic mass is 10.1. The van der Waals surface area contributed by atoms with Crippen LogP contribution in [-0.2, 0) is 19.6 Å². The Bertz CT molecular complexity index is 1220. The molecular formula is C21H18BrN3O5S. The standard InChI is InChI=1S/C21H18BrN3O5S/c22-15-3-1-2-14(12-15)4-7-19(26)24-8-10-25(11-9-24)31(29,30)16-5-6-18-17(13-16)20(27)21(28)23-18/h1-7,12-13H,8-11H2,(H,23,27,28)/b7-4+. The first kappa shape index (κ1) is 21.4. The highest BCUT2D eigenvalue weighted by Gasteiger charge is 2.33. The molecule has 8 nitrogen and oxygen atoms in total. The number of hydrogen-bond donors (Lipinski definition) is 1. The number of sulfonamides is 1. The normalized spacial score (nSPS) is 17.1. The van der Waals surface area contributed by atoms with Crippen LogP contribution < -0.4 is 5.32 Å². The number of nitrogens with one attached hydrogen (secondary N) is 1. The third-order valence-corrected chi connectivity index (χ3v) is 7.53. The fourth-order valence-corrected chi connectivity index (χ4v) is 5.33. The van der Waals surface area contributed by atoms with Crippen molar-refractivity contribution in [3.8, 4) is 0 Å². The molecule has 1 fully saturated rings. The molecule has 2 aromatic carbocycles. The molecule has 0 radical (unpaired) electrons. The number of anilines is 1. The van der Waals surface area contributed by atoms with Crippen LogP contribution in [0, 0.1) is 0 Å². The van der Waals surface area contributed by atoms with Gasteiger partial charge in [-0.05, 0) is 42.0 Å². The number of fused-ring (bicyclic) bond motifs is 1. The summed E-state index contributed by atoms with van der Waals surface area (Å²) in [6, 6.07) is 11.5. The van der Waals surface area contributed by atoms with Crippen LogP contribution >= 0.6 is 15.9 Å². The first-order valence-electron chi connectivity index (χ1n) is 9.48. The van der Waals surface area contributed by atoms with Crippen LogP contribution in [-0.4, -0.2) is 61.4 Å². The van der Waals surface area contributed by atoms with E-state index in [1.807, 2.05) is 24.3 Å². The molecule has 1 saturated heterocycles. The van der Waals surface area contributed by atoms with Crippen molar-refractivity contribution in [3.05, 3.63) is 64.1 Å². The number of rotatable bonds is 4. The SMILES string of the molecule is O=C1Nc2ccc(S(=O)(=O)N3CCN(C(=O)/C=C/c4cccc(Br)c4)CC3)cc2C1=O. The largest absolute Gasteiger partial charge is 0.337 e. The summed E-state index contributed by atoms with van der Waals surface area (Å²) in [7, 11) is -3.85. The van der Waals surface area contributed by atoms with Crippen LogP contribution in [0.1, 0.15) is 15.9 Å². The average Bonchev–Trinajstić information content (AvgIpc) is 3.05. The summed E-state index contributed by atoms with van der Waals surface area (Å²) >= 11 is 3.38. The van der Waals surface area contributed by atoms with Crippen molar-refractivity contribution >= 4 is 55.3 Å². The first-order chi connectivity index (χ1) is 14.8. The molecule has 2 aromatic rings. The molecule has 4 rings (SSSR count). The predicted molar refractivity (Wildman–Crippen MR) is 118 cm³/mol. The van der Waals surface area contributed by atoms with Gasteiger partial charge in [-0.15, -0.1) is 0 Å². The highest BCUT2D eigenvalue weighted by atomic mass is 79.9. The topological polar surface area (TPSA) is 104 Å². The number of Topliss-reactive ketones (excluding diaryl/α,β-unsaturated/α-hetero) is 1. The maximum absolute atomic E-state index is 13.0. The van der Waals surface area contributed by atoms with E-state index in [-0.39, 0.29) is 42.5 Å². The monoisotopic (exact) mass is 503 g/mol. The van der Waals surface area contributed by atoms with Gasteiger partial charge in [-0.3, -0.25) is 14.4 Å². The predicted octanol–water partition coefficient (Wildman–Crippen LogP) is 2.13. The fraction of sp³-hybridized carbons (Fsp3) is 0.190. The molecule has 10 heteroatoms. The second-order valence-electron chi connectivity index (χ2n) is 7.11. The van der Waals surface area contributed by atoms with Crippen LogP contribution in [0.4, 0.5) is 5.69 Å². The molecule has 0 aliphatic carbocycles. The molecular weight excluding hydrogens is 486 g/mol.